The number of nitrogens with one attached hydrogen (secondary N) is 2. The molecule has 0 aliphatic carbocycles. The molecule has 100 valence electrons. The molecule has 2 N–H and O–H groups in total. The van der Waals surface area contributed by atoms with Gasteiger partial charge in [0.15, 0.2) is 0 Å². The van der Waals surface area contributed by atoms with Crippen LogP contribution in [-0.4, -0.2) is 50.7 Å². The maximum atomic E-state index is 3.57. The van der Waals surface area contributed by atoms with Crippen molar-refractivity contribution in [1.29, 1.82) is 0 Å². The summed E-state index contributed by atoms with van der Waals surface area (Å²) in [4.78, 5) is 2.44. The fourth-order valence-corrected chi connectivity index (χ4v) is 2.35. The van der Waals surface area contributed by atoms with Crippen LogP contribution in [-0.2, 0) is 6.42 Å². The summed E-state index contributed by atoms with van der Waals surface area (Å²) in [6.07, 6.45) is 1.12. The van der Waals surface area contributed by atoms with Crippen molar-refractivity contribution < 1.29 is 0 Å². The van der Waals surface area contributed by atoms with E-state index in [1.54, 1.807) is 0 Å². The Labute approximate surface area is 111 Å². The summed E-state index contributed by atoms with van der Waals surface area (Å²) in [5.41, 5.74) is 2.75. The Hall–Kier alpha value is -0.900. The second-order valence-corrected chi connectivity index (χ2v) is 5.28. The summed E-state index contributed by atoms with van der Waals surface area (Å²) >= 11 is 0. The van der Waals surface area contributed by atoms with Gasteiger partial charge in [-0.3, -0.25) is 4.90 Å². The minimum Gasteiger partial charge on any atom is -0.315 e. The van der Waals surface area contributed by atoms with Gasteiger partial charge >= 0.3 is 0 Å². The molecule has 1 aliphatic rings. The highest BCUT2D eigenvalue weighted by Gasteiger charge is 2.17. The molecule has 1 aromatic rings. The van der Waals surface area contributed by atoms with Gasteiger partial charge in [0.05, 0.1) is 0 Å². The Morgan fingerprint density at radius 2 is 2.11 bits per heavy atom. The van der Waals surface area contributed by atoms with Gasteiger partial charge < -0.3 is 10.6 Å². The second kappa shape index (κ2) is 6.88. The van der Waals surface area contributed by atoms with Crippen LogP contribution in [0.25, 0.3) is 0 Å². The van der Waals surface area contributed by atoms with Crippen LogP contribution in [0.1, 0.15) is 11.1 Å². The van der Waals surface area contributed by atoms with Gasteiger partial charge in [-0.2, -0.15) is 0 Å². The molecule has 0 radical (unpaired) electrons. The minimum absolute atomic E-state index is 0.636. The average molecular weight is 247 g/mol. The largest absolute Gasteiger partial charge is 0.315 e. The first-order chi connectivity index (χ1) is 8.75. The van der Waals surface area contributed by atoms with E-state index in [2.05, 4.69) is 53.8 Å². The van der Waals surface area contributed by atoms with Crippen LogP contribution in [0.3, 0.4) is 0 Å². The summed E-state index contributed by atoms with van der Waals surface area (Å²) in [6.45, 7) is 7.66. The molecule has 0 spiro atoms. The zero-order chi connectivity index (χ0) is 12.8. The van der Waals surface area contributed by atoms with Gasteiger partial charge in [-0.1, -0.05) is 29.8 Å². The Kier molecular flexibility index (Phi) is 5.17. The number of hydrogen-bond donors (Lipinski definition) is 2. The van der Waals surface area contributed by atoms with Crippen molar-refractivity contribution in [3.63, 3.8) is 0 Å². The van der Waals surface area contributed by atoms with E-state index in [-0.39, 0.29) is 0 Å². The first kappa shape index (κ1) is 13.5. The van der Waals surface area contributed by atoms with Crippen molar-refractivity contribution in [3.8, 4) is 0 Å². The third-order valence-electron chi connectivity index (χ3n) is 3.74. The maximum absolute atomic E-state index is 3.57. The molecule has 1 heterocycles. The van der Waals surface area contributed by atoms with E-state index in [9.17, 15) is 0 Å². The molecule has 18 heavy (non-hydrogen) atoms. The van der Waals surface area contributed by atoms with Crippen LogP contribution in [0.15, 0.2) is 24.3 Å². The van der Waals surface area contributed by atoms with Gasteiger partial charge in [-0.15, -0.1) is 0 Å². The molecule has 1 unspecified atom stereocenters. The van der Waals surface area contributed by atoms with Crippen LogP contribution >= 0.6 is 0 Å². The Bertz CT molecular complexity index is 347. The molecular weight excluding hydrogens is 222 g/mol. The van der Waals surface area contributed by atoms with Crippen LogP contribution < -0.4 is 10.6 Å². The van der Waals surface area contributed by atoms with Gasteiger partial charge in [0, 0.05) is 32.2 Å². The predicted octanol–water partition coefficient (Wildman–Crippen LogP) is 1.03. The Morgan fingerprint density at radius 1 is 1.33 bits per heavy atom. The summed E-state index contributed by atoms with van der Waals surface area (Å²) in [5.74, 6) is 0. The summed E-state index contributed by atoms with van der Waals surface area (Å²) in [6, 6.07) is 9.47. The van der Waals surface area contributed by atoms with Crippen LogP contribution in [0, 0.1) is 6.92 Å². The van der Waals surface area contributed by atoms with Gasteiger partial charge in [0.25, 0.3) is 0 Å². The van der Waals surface area contributed by atoms with Gasteiger partial charge in [-0.25, -0.2) is 0 Å². The van der Waals surface area contributed by atoms with Crippen LogP contribution in [0.4, 0.5) is 0 Å². The third-order valence-corrected chi connectivity index (χ3v) is 3.74. The molecule has 1 atom stereocenters. The fraction of sp³-hybridized carbons (Fsp3) is 0.600. The minimum atomic E-state index is 0.636. The van der Waals surface area contributed by atoms with Gasteiger partial charge in [0.1, 0.15) is 0 Å². The lowest BCUT2D eigenvalue weighted by molar-refractivity contribution is 0.196. The van der Waals surface area contributed by atoms with E-state index >= 15 is 0 Å². The predicted molar refractivity (Wildman–Crippen MR) is 77.0 cm³/mol. The molecule has 1 aromatic carbocycles. The lowest BCUT2D eigenvalue weighted by atomic mass is 10.1. The summed E-state index contributed by atoms with van der Waals surface area (Å²) in [7, 11) is 2.22. The molecule has 1 aliphatic heterocycles. The SMILES string of the molecule is Cc1ccc(CCNCC2CNCCN2C)cc1. The molecule has 3 heteroatoms. The van der Waals surface area contributed by atoms with Crippen molar-refractivity contribution in [3.05, 3.63) is 35.4 Å². The summed E-state index contributed by atoms with van der Waals surface area (Å²) in [5, 5.41) is 7.02. The average Bonchev–Trinajstić information content (AvgIpc) is 2.39. The molecule has 0 saturated carbocycles. The van der Waals surface area contributed by atoms with Gasteiger partial charge in [-0.05, 0) is 32.5 Å². The number of piperazine rings is 1. The van der Waals surface area contributed by atoms with Crippen molar-refractivity contribution in [2.45, 2.75) is 19.4 Å². The number of nitrogens with zero attached hydrogens (tertiary/aromatic N) is 1. The standard InChI is InChI=1S/C15H25N3/c1-13-3-5-14(6-4-13)7-8-16-11-15-12-17-9-10-18(15)2/h3-6,15-17H,7-12H2,1-2H3. The first-order valence-corrected chi connectivity index (χ1v) is 6.93. The number of rotatable bonds is 5. The van der Waals surface area contributed by atoms with Crippen molar-refractivity contribution in [1.82, 2.24) is 15.5 Å². The van der Waals surface area contributed by atoms with Gasteiger partial charge in [0.2, 0.25) is 0 Å². The zero-order valence-electron chi connectivity index (χ0n) is 11.6. The maximum Gasteiger partial charge on any atom is 0.0342 e. The zero-order valence-corrected chi connectivity index (χ0v) is 11.6. The van der Waals surface area contributed by atoms with Crippen molar-refractivity contribution >= 4 is 0 Å². The van der Waals surface area contributed by atoms with Crippen molar-refractivity contribution in [2.75, 3.05) is 39.8 Å². The van der Waals surface area contributed by atoms with Crippen molar-refractivity contribution in [2.24, 2.45) is 0 Å². The summed E-state index contributed by atoms with van der Waals surface area (Å²) < 4.78 is 0. The first-order valence-electron chi connectivity index (χ1n) is 6.93. The quantitative estimate of drug-likeness (QED) is 0.761. The number of benzene rings is 1. The smallest absolute Gasteiger partial charge is 0.0342 e. The molecule has 1 fully saturated rings. The Morgan fingerprint density at radius 3 is 2.83 bits per heavy atom. The second-order valence-electron chi connectivity index (χ2n) is 5.28. The monoisotopic (exact) mass is 247 g/mol. The van der Waals surface area contributed by atoms with E-state index in [1.165, 1.54) is 11.1 Å². The highest BCUT2D eigenvalue weighted by atomic mass is 15.2. The highest BCUT2D eigenvalue weighted by Crippen LogP contribution is 2.03. The molecule has 0 aromatic heterocycles. The number of likely N-dealkylation sites (N-methyl/N-ethyl adjacent to an activating group) is 1. The third kappa shape index (κ3) is 4.09. The van der Waals surface area contributed by atoms with Crippen LogP contribution in [0.2, 0.25) is 0 Å². The molecule has 2 rings (SSSR count). The molecule has 0 bridgehead atoms. The van der Waals surface area contributed by atoms with E-state index in [0.29, 0.717) is 6.04 Å². The van der Waals surface area contributed by atoms with E-state index in [1.807, 2.05) is 0 Å². The molecule has 3 nitrogen and oxygen atoms in total. The molecule has 1 saturated heterocycles. The van der Waals surface area contributed by atoms with E-state index in [0.717, 1.165) is 39.1 Å². The lowest BCUT2D eigenvalue weighted by Gasteiger charge is -2.33. The highest BCUT2D eigenvalue weighted by molar-refractivity contribution is 5.21. The molecule has 0 amide bonds. The van der Waals surface area contributed by atoms with E-state index < -0.39 is 0 Å². The van der Waals surface area contributed by atoms with Crippen LogP contribution in [0.5, 0.6) is 0 Å². The topological polar surface area (TPSA) is 27.3 Å². The normalized spacial score (nSPS) is 21.1. The Balaban J connectivity index is 1.65. The number of hydrogen-bond acceptors (Lipinski definition) is 3. The number of aryl methyl sites for hydroxylation is 1. The molecular formula is C15H25N3. The van der Waals surface area contributed by atoms with E-state index in [4.69, 9.17) is 0 Å². The fourth-order valence-electron chi connectivity index (χ4n) is 2.35. The lowest BCUT2D eigenvalue weighted by Crippen LogP contribution is -2.53.